The summed E-state index contributed by atoms with van der Waals surface area (Å²) in [6.45, 7) is 8.40. The molecule has 4 heteroatoms. The number of hydrogen-bond acceptors (Lipinski definition) is 1. The number of hydrogen-bond donors (Lipinski definition) is 1. The van der Waals surface area contributed by atoms with Gasteiger partial charge in [0.1, 0.15) is 0 Å². The van der Waals surface area contributed by atoms with Gasteiger partial charge in [-0.3, -0.25) is 0 Å². The molecule has 0 bridgehead atoms. The molecule has 0 heterocycles. The van der Waals surface area contributed by atoms with Crippen molar-refractivity contribution in [2.45, 2.75) is 34.1 Å². The zero-order chi connectivity index (χ0) is 14.0. The van der Waals surface area contributed by atoms with Crippen LogP contribution in [0, 0.1) is 12.0 Å². The molecule has 0 radical (unpaired) electrons. The Morgan fingerprint density at radius 1 is 1.10 bits per heavy atom. The van der Waals surface area contributed by atoms with Crippen LogP contribution < -0.4 is 24.8 Å². The SMILES string of the molecule is CC1=C(c2[c-]cccc2)CC=C1.CO.C[C-](C)C.[Cl-].[Cl-].[Ti+4]. The summed E-state index contributed by atoms with van der Waals surface area (Å²) in [6, 6.07) is 11.4. The summed E-state index contributed by atoms with van der Waals surface area (Å²) in [5, 5.41) is 7.00. The molecule has 0 unspecified atom stereocenters. The maximum Gasteiger partial charge on any atom is 4.00 e. The molecule has 21 heavy (non-hydrogen) atoms. The Morgan fingerprint density at radius 2 is 1.62 bits per heavy atom. The van der Waals surface area contributed by atoms with E-state index >= 15 is 0 Å². The number of halogens is 2. The van der Waals surface area contributed by atoms with Crippen molar-refractivity contribution in [2.75, 3.05) is 7.11 Å². The minimum absolute atomic E-state index is 0. The first-order chi connectivity index (χ1) is 8.61. The van der Waals surface area contributed by atoms with Gasteiger partial charge in [0, 0.05) is 7.11 Å². The Morgan fingerprint density at radius 3 is 1.95 bits per heavy atom. The van der Waals surface area contributed by atoms with E-state index < -0.39 is 0 Å². The Bertz CT molecular complexity index is 384. The molecule has 0 saturated heterocycles. The molecule has 0 spiro atoms. The quantitative estimate of drug-likeness (QED) is 0.474. The number of aliphatic hydroxyl groups is 1. The summed E-state index contributed by atoms with van der Waals surface area (Å²) in [5.41, 5.74) is 4.02. The van der Waals surface area contributed by atoms with E-state index in [4.69, 9.17) is 5.11 Å². The van der Waals surface area contributed by atoms with E-state index in [0.29, 0.717) is 0 Å². The van der Waals surface area contributed by atoms with Crippen molar-refractivity contribution in [3.05, 3.63) is 59.5 Å². The first-order valence-electron chi connectivity index (χ1n) is 6.16. The maximum atomic E-state index is 7.00. The average Bonchev–Trinajstić information content (AvgIpc) is 2.78. The van der Waals surface area contributed by atoms with Crippen LogP contribution in [0.1, 0.15) is 39.7 Å². The van der Waals surface area contributed by atoms with Crippen molar-refractivity contribution < 1.29 is 51.6 Å². The van der Waals surface area contributed by atoms with Gasteiger partial charge in [-0.2, -0.15) is 20.8 Å². The van der Waals surface area contributed by atoms with Crippen molar-refractivity contribution in [1.82, 2.24) is 0 Å². The van der Waals surface area contributed by atoms with Crippen molar-refractivity contribution in [3.63, 3.8) is 0 Å². The van der Waals surface area contributed by atoms with Crippen molar-refractivity contribution >= 4 is 5.57 Å². The fourth-order valence-corrected chi connectivity index (χ4v) is 1.52. The molecule has 1 aromatic rings. The van der Waals surface area contributed by atoms with Gasteiger partial charge in [0.05, 0.1) is 0 Å². The van der Waals surface area contributed by atoms with Crippen LogP contribution in [0.2, 0.25) is 0 Å². The molecule has 0 amide bonds. The topological polar surface area (TPSA) is 20.2 Å². The summed E-state index contributed by atoms with van der Waals surface area (Å²) >= 11 is 0. The fraction of sp³-hybridized carbons (Fsp3) is 0.353. The third kappa shape index (κ3) is 13.3. The van der Waals surface area contributed by atoms with Crippen molar-refractivity contribution in [2.24, 2.45) is 0 Å². The molecule has 116 valence electrons. The molecule has 1 aromatic carbocycles. The van der Waals surface area contributed by atoms with E-state index in [0.717, 1.165) is 13.5 Å². The number of allylic oxidation sites excluding steroid dienone is 4. The first kappa shape index (κ1) is 29.0. The normalized spacial score (nSPS) is 11.0. The molecule has 0 atom stereocenters. The van der Waals surface area contributed by atoms with E-state index in [9.17, 15) is 0 Å². The van der Waals surface area contributed by atoms with Gasteiger partial charge >= 0.3 is 21.7 Å². The average molecular weight is 363 g/mol. The van der Waals surface area contributed by atoms with E-state index in [2.05, 4.69) is 58.0 Å². The molecule has 2 rings (SSSR count). The van der Waals surface area contributed by atoms with Crippen LogP contribution in [0.15, 0.2) is 42.0 Å². The molecular formula is C17H24Cl2OTi. The largest absolute Gasteiger partial charge is 4.00 e. The van der Waals surface area contributed by atoms with Gasteiger partial charge in [0.25, 0.3) is 0 Å². The van der Waals surface area contributed by atoms with Gasteiger partial charge in [0.2, 0.25) is 0 Å². The third-order valence-electron chi connectivity index (χ3n) is 2.20. The zero-order valence-electron chi connectivity index (χ0n) is 13.4. The number of rotatable bonds is 1. The Hall–Kier alpha value is -0.0457. The summed E-state index contributed by atoms with van der Waals surface area (Å²) in [4.78, 5) is 0. The van der Waals surface area contributed by atoms with Crippen LogP contribution in [0.3, 0.4) is 0 Å². The van der Waals surface area contributed by atoms with Crippen LogP contribution in [-0.4, -0.2) is 12.2 Å². The predicted octanol–water partition coefficient (Wildman–Crippen LogP) is -1.55. The van der Waals surface area contributed by atoms with Gasteiger partial charge < -0.3 is 35.8 Å². The van der Waals surface area contributed by atoms with E-state index in [1.807, 2.05) is 12.1 Å². The molecule has 0 aliphatic heterocycles. The molecule has 0 saturated carbocycles. The van der Waals surface area contributed by atoms with Gasteiger partial charge in [-0.1, -0.05) is 17.7 Å². The van der Waals surface area contributed by atoms with Crippen molar-refractivity contribution in [1.29, 1.82) is 0 Å². The minimum Gasteiger partial charge on any atom is -1.00 e. The smallest absolute Gasteiger partial charge is 1.00 e. The molecule has 1 aliphatic carbocycles. The van der Waals surface area contributed by atoms with Crippen molar-refractivity contribution in [3.8, 4) is 0 Å². The molecule has 0 fully saturated rings. The minimum atomic E-state index is 0. The Labute approximate surface area is 157 Å². The monoisotopic (exact) mass is 362 g/mol. The second kappa shape index (κ2) is 18.0. The first-order valence-corrected chi connectivity index (χ1v) is 6.16. The van der Waals surface area contributed by atoms with Crippen LogP contribution in [0.25, 0.3) is 5.57 Å². The van der Waals surface area contributed by atoms with E-state index in [1.165, 1.54) is 22.6 Å². The molecule has 0 aromatic heterocycles. The molecule has 1 nitrogen and oxygen atoms in total. The second-order valence-corrected chi connectivity index (χ2v) is 4.54. The van der Waals surface area contributed by atoms with Gasteiger partial charge in [-0.25, -0.2) is 0 Å². The van der Waals surface area contributed by atoms with Crippen LogP contribution >= 0.6 is 0 Å². The summed E-state index contributed by atoms with van der Waals surface area (Å²) < 4.78 is 0. The Kier molecular flexibility index (Phi) is 24.9. The predicted molar refractivity (Wildman–Crippen MR) is 80.0 cm³/mol. The van der Waals surface area contributed by atoms with Crippen LogP contribution in [0.4, 0.5) is 0 Å². The van der Waals surface area contributed by atoms with Gasteiger partial charge in [0.15, 0.2) is 0 Å². The zero-order valence-corrected chi connectivity index (χ0v) is 16.4. The fourth-order valence-electron chi connectivity index (χ4n) is 1.52. The van der Waals surface area contributed by atoms with Crippen LogP contribution in [-0.2, 0) is 21.7 Å². The van der Waals surface area contributed by atoms with Gasteiger partial charge in [-0.05, 0) is 13.3 Å². The summed E-state index contributed by atoms with van der Waals surface area (Å²) in [5.74, 6) is 1.42. The summed E-state index contributed by atoms with van der Waals surface area (Å²) in [6.07, 6.45) is 5.44. The van der Waals surface area contributed by atoms with E-state index in [1.54, 1.807) is 0 Å². The Balaban J connectivity index is -0.000000142. The molecule has 1 N–H and O–H groups in total. The number of benzene rings is 1. The van der Waals surface area contributed by atoms with Crippen LogP contribution in [0.5, 0.6) is 0 Å². The van der Waals surface area contributed by atoms with Gasteiger partial charge in [-0.15, -0.1) is 41.5 Å². The second-order valence-electron chi connectivity index (χ2n) is 4.54. The maximum absolute atomic E-state index is 7.00. The molecule has 1 aliphatic rings. The standard InChI is InChI=1S/C12H11.C4H9.CH4O.2ClH.Ti/c1-10-6-5-9-12(10)11-7-3-2-4-8-11;1-4(2)3;1-2;;;/h2-7H,9H2,1H3;1-3H3;2H,1H3;2*1H;/q2*-1;;;;+4/p-2. The molecular weight excluding hydrogens is 339 g/mol. The number of aliphatic hydroxyl groups excluding tert-OH is 1. The van der Waals surface area contributed by atoms with E-state index in [-0.39, 0.29) is 46.5 Å². The summed E-state index contributed by atoms with van der Waals surface area (Å²) in [7, 11) is 1.00. The third-order valence-corrected chi connectivity index (χ3v) is 2.20.